The minimum absolute atomic E-state index is 0.148. The van der Waals surface area contributed by atoms with Gasteiger partial charge in [0.05, 0.1) is 5.56 Å². The fourth-order valence-electron chi connectivity index (χ4n) is 3.43. The molecule has 21 heavy (non-hydrogen) atoms. The van der Waals surface area contributed by atoms with Crippen molar-refractivity contribution in [2.24, 2.45) is 11.7 Å². The van der Waals surface area contributed by atoms with Gasteiger partial charge in [0.2, 0.25) is 0 Å². The summed E-state index contributed by atoms with van der Waals surface area (Å²) in [6.07, 6.45) is -2.22. The zero-order valence-corrected chi connectivity index (χ0v) is 12.5. The number of benzene rings is 1. The van der Waals surface area contributed by atoms with E-state index < -0.39 is 11.7 Å². The van der Waals surface area contributed by atoms with Gasteiger partial charge in [-0.25, -0.2) is 0 Å². The normalized spacial score (nSPS) is 25.8. The number of halogens is 3. The molecule has 2 nitrogen and oxygen atoms in total. The second-order valence-corrected chi connectivity index (χ2v) is 5.92. The van der Waals surface area contributed by atoms with Gasteiger partial charge in [0, 0.05) is 18.6 Å². The highest BCUT2D eigenvalue weighted by Crippen LogP contribution is 2.38. The first-order valence-corrected chi connectivity index (χ1v) is 7.48. The predicted octanol–water partition coefficient (Wildman–Crippen LogP) is 3.83. The Labute approximate surface area is 124 Å². The van der Waals surface area contributed by atoms with Gasteiger partial charge in [0.25, 0.3) is 0 Å². The molecule has 0 amide bonds. The van der Waals surface area contributed by atoms with Crippen LogP contribution >= 0.6 is 0 Å². The van der Waals surface area contributed by atoms with Crippen LogP contribution in [0.25, 0.3) is 0 Å². The lowest BCUT2D eigenvalue weighted by Gasteiger charge is -2.43. The molecule has 0 saturated carbocycles. The van der Waals surface area contributed by atoms with E-state index in [-0.39, 0.29) is 12.1 Å². The van der Waals surface area contributed by atoms with Crippen LogP contribution in [-0.2, 0) is 6.18 Å². The summed E-state index contributed by atoms with van der Waals surface area (Å²) < 4.78 is 39.6. The van der Waals surface area contributed by atoms with Gasteiger partial charge in [-0.3, -0.25) is 4.90 Å². The third-order valence-electron chi connectivity index (χ3n) is 4.61. The number of likely N-dealkylation sites (tertiary alicyclic amines) is 1. The summed E-state index contributed by atoms with van der Waals surface area (Å²) in [5.41, 5.74) is 5.67. The molecule has 0 spiro atoms. The Morgan fingerprint density at radius 2 is 2.00 bits per heavy atom. The van der Waals surface area contributed by atoms with E-state index in [4.69, 9.17) is 5.73 Å². The fraction of sp³-hybridized carbons (Fsp3) is 0.625. The molecule has 2 N–H and O–H groups in total. The molecular weight excluding hydrogens is 277 g/mol. The van der Waals surface area contributed by atoms with Crippen molar-refractivity contribution in [3.05, 3.63) is 35.4 Å². The molecule has 0 aromatic heterocycles. The maximum absolute atomic E-state index is 13.2. The van der Waals surface area contributed by atoms with Crippen LogP contribution in [0.15, 0.2) is 24.3 Å². The zero-order valence-electron chi connectivity index (χ0n) is 12.5. The average molecular weight is 300 g/mol. The van der Waals surface area contributed by atoms with Crippen LogP contribution in [0.2, 0.25) is 0 Å². The van der Waals surface area contributed by atoms with E-state index in [1.807, 2.05) is 6.92 Å². The second kappa shape index (κ2) is 6.36. The molecule has 1 saturated heterocycles. The van der Waals surface area contributed by atoms with E-state index in [9.17, 15) is 13.2 Å². The molecule has 5 heteroatoms. The maximum atomic E-state index is 13.2. The van der Waals surface area contributed by atoms with Crippen molar-refractivity contribution in [1.82, 2.24) is 4.90 Å². The molecule has 1 heterocycles. The van der Waals surface area contributed by atoms with Gasteiger partial charge >= 0.3 is 6.18 Å². The highest BCUT2D eigenvalue weighted by atomic mass is 19.4. The summed E-state index contributed by atoms with van der Waals surface area (Å²) in [4.78, 5) is 2.14. The van der Waals surface area contributed by atoms with Crippen molar-refractivity contribution in [2.45, 2.75) is 44.9 Å². The van der Waals surface area contributed by atoms with E-state index in [0.29, 0.717) is 18.0 Å². The van der Waals surface area contributed by atoms with Gasteiger partial charge in [0.15, 0.2) is 0 Å². The van der Waals surface area contributed by atoms with Crippen molar-refractivity contribution in [2.75, 3.05) is 13.1 Å². The number of nitrogens with zero attached hydrogens (tertiary/aromatic N) is 1. The average Bonchev–Trinajstić information content (AvgIpc) is 2.45. The molecule has 2 rings (SSSR count). The zero-order chi connectivity index (χ0) is 15.6. The third-order valence-corrected chi connectivity index (χ3v) is 4.61. The summed E-state index contributed by atoms with van der Waals surface area (Å²) in [7, 11) is 0. The molecule has 3 unspecified atom stereocenters. The second-order valence-electron chi connectivity index (χ2n) is 5.92. The number of hydrogen-bond donors (Lipinski definition) is 1. The SMILES string of the molecule is CC1CCCN(C(C)c2ccccc2C(F)(F)F)C1CN. The Morgan fingerprint density at radius 3 is 2.62 bits per heavy atom. The first kappa shape index (κ1) is 16.3. The summed E-state index contributed by atoms with van der Waals surface area (Å²) in [6, 6.07) is 5.73. The number of alkyl halides is 3. The number of piperidine rings is 1. The van der Waals surface area contributed by atoms with E-state index >= 15 is 0 Å². The minimum atomic E-state index is -4.32. The molecule has 1 aromatic rings. The monoisotopic (exact) mass is 300 g/mol. The number of hydrogen-bond acceptors (Lipinski definition) is 2. The van der Waals surface area contributed by atoms with Crippen LogP contribution in [0.1, 0.15) is 43.9 Å². The van der Waals surface area contributed by atoms with Crippen molar-refractivity contribution in [3.63, 3.8) is 0 Å². The first-order valence-electron chi connectivity index (χ1n) is 7.48. The number of rotatable bonds is 3. The maximum Gasteiger partial charge on any atom is 0.416 e. The Morgan fingerprint density at radius 1 is 1.33 bits per heavy atom. The lowest BCUT2D eigenvalue weighted by atomic mass is 9.88. The van der Waals surface area contributed by atoms with Gasteiger partial charge < -0.3 is 5.73 Å². The first-order chi connectivity index (χ1) is 9.86. The smallest absolute Gasteiger partial charge is 0.329 e. The van der Waals surface area contributed by atoms with Crippen LogP contribution in [-0.4, -0.2) is 24.0 Å². The summed E-state index contributed by atoms with van der Waals surface area (Å²) in [6.45, 7) is 5.27. The van der Waals surface area contributed by atoms with Crippen molar-refractivity contribution in [1.29, 1.82) is 0 Å². The topological polar surface area (TPSA) is 29.3 Å². The van der Waals surface area contributed by atoms with Crippen molar-refractivity contribution >= 4 is 0 Å². The van der Waals surface area contributed by atoms with Crippen LogP contribution in [0.4, 0.5) is 13.2 Å². The molecule has 1 aromatic carbocycles. The van der Waals surface area contributed by atoms with E-state index in [1.54, 1.807) is 12.1 Å². The summed E-state index contributed by atoms with van der Waals surface area (Å²) in [5, 5.41) is 0. The Bertz CT molecular complexity index is 473. The molecule has 1 aliphatic rings. The van der Waals surface area contributed by atoms with Gasteiger partial charge in [-0.05, 0) is 43.9 Å². The van der Waals surface area contributed by atoms with E-state index in [2.05, 4.69) is 11.8 Å². The summed E-state index contributed by atoms with van der Waals surface area (Å²) >= 11 is 0. The fourth-order valence-corrected chi connectivity index (χ4v) is 3.43. The minimum Gasteiger partial charge on any atom is -0.329 e. The molecule has 3 atom stereocenters. The Hall–Kier alpha value is -1.07. The largest absolute Gasteiger partial charge is 0.416 e. The van der Waals surface area contributed by atoms with Crippen molar-refractivity contribution in [3.8, 4) is 0 Å². The highest BCUT2D eigenvalue weighted by molar-refractivity contribution is 5.32. The molecule has 0 radical (unpaired) electrons. The lowest BCUT2D eigenvalue weighted by molar-refractivity contribution is -0.139. The van der Waals surface area contributed by atoms with Gasteiger partial charge in [-0.15, -0.1) is 0 Å². The Kier molecular flexibility index (Phi) is 4.94. The van der Waals surface area contributed by atoms with Gasteiger partial charge in [0.1, 0.15) is 0 Å². The molecule has 1 aliphatic heterocycles. The predicted molar refractivity (Wildman–Crippen MR) is 77.8 cm³/mol. The molecular formula is C16H23F3N2. The summed E-state index contributed by atoms with van der Waals surface area (Å²) in [5.74, 6) is 0.421. The third kappa shape index (κ3) is 3.40. The van der Waals surface area contributed by atoms with Gasteiger partial charge in [-0.1, -0.05) is 25.1 Å². The standard InChI is InChI=1S/C16H23F3N2/c1-11-6-5-9-21(15(11)10-20)12(2)13-7-3-4-8-14(13)16(17,18)19/h3-4,7-8,11-12,15H,5-6,9-10,20H2,1-2H3. The quantitative estimate of drug-likeness (QED) is 0.919. The van der Waals surface area contributed by atoms with E-state index in [1.165, 1.54) is 6.07 Å². The van der Waals surface area contributed by atoms with Crippen LogP contribution in [0.3, 0.4) is 0 Å². The van der Waals surface area contributed by atoms with E-state index in [0.717, 1.165) is 25.5 Å². The molecule has 118 valence electrons. The molecule has 1 fully saturated rings. The van der Waals surface area contributed by atoms with Crippen LogP contribution < -0.4 is 5.73 Å². The van der Waals surface area contributed by atoms with Crippen LogP contribution in [0.5, 0.6) is 0 Å². The lowest BCUT2D eigenvalue weighted by Crippen LogP contribution is -2.49. The highest BCUT2D eigenvalue weighted by Gasteiger charge is 2.37. The number of nitrogens with two attached hydrogens (primary N) is 1. The molecule has 0 bridgehead atoms. The molecule has 0 aliphatic carbocycles. The van der Waals surface area contributed by atoms with Crippen LogP contribution in [0, 0.1) is 5.92 Å². The van der Waals surface area contributed by atoms with Gasteiger partial charge in [-0.2, -0.15) is 13.2 Å². The Balaban J connectivity index is 2.33. The van der Waals surface area contributed by atoms with Crippen molar-refractivity contribution < 1.29 is 13.2 Å².